The predicted molar refractivity (Wildman–Crippen MR) is 133 cm³/mol. The van der Waals surface area contributed by atoms with E-state index in [1.807, 2.05) is 72.8 Å². The average molecular weight is 465 g/mol. The number of nitrogens with zero attached hydrogens (tertiary/aromatic N) is 1. The third kappa shape index (κ3) is 4.77. The van der Waals surface area contributed by atoms with Gasteiger partial charge in [-0.15, -0.1) is 0 Å². The van der Waals surface area contributed by atoms with Gasteiger partial charge in [0.25, 0.3) is 0 Å². The molecule has 0 unspecified atom stereocenters. The number of fused-ring (bicyclic) bond motifs is 3. The Morgan fingerprint density at radius 1 is 0.829 bits per heavy atom. The van der Waals surface area contributed by atoms with Gasteiger partial charge in [0, 0.05) is 29.8 Å². The van der Waals surface area contributed by atoms with Crippen molar-refractivity contribution in [1.29, 1.82) is 0 Å². The lowest BCUT2D eigenvalue weighted by atomic mass is 9.98. The van der Waals surface area contributed by atoms with Crippen LogP contribution in [0.15, 0.2) is 97.2 Å². The summed E-state index contributed by atoms with van der Waals surface area (Å²) >= 11 is 0. The zero-order valence-electron chi connectivity index (χ0n) is 18.9. The molecule has 5 rings (SSSR count). The Hall–Kier alpha value is -4.45. The smallest absolute Gasteiger partial charge is 0.407 e. The van der Waals surface area contributed by atoms with Crippen molar-refractivity contribution in [1.82, 2.24) is 10.3 Å². The molecule has 0 fully saturated rings. The van der Waals surface area contributed by atoms with Crippen molar-refractivity contribution in [2.24, 2.45) is 0 Å². The number of ether oxygens (including phenoxy) is 1. The number of amides is 1. The highest BCUT2D eigenvalue weighted by molar-refractivity contribution is 5.81. The van der Waals surface area contributed by atoms with E-state index in [0.29, 0.717) is 5.69 Å². The third-order valence-corrected chi connectivity index (χ3v) is 6.28. The van der Waals surface area contributed by atoms with E-state index in [4.69, 9.17) is 4.74 Å². The van der Waals surface area contributed by atoms with Crippen LogP contribution < -0.4 is 5.32 Å². The van der Waals surface area contributed by atoms with Gasteiger partial charge in [0.05, 0.1) is 0 Å². The molecule has 0 bridgehead atoms. The summed E-state index contributed by atoms with van der Waals surface area (Å²) < 4.78 is 5.50. The number of aliphatic carboxylic acids is 1. The normalized spacial score (nSPS) is 12.9. The Morgan fingerprint density at radius 2 is 1.46 bits per heavy atom. The van der Waals surface area contributed by atoms with Crippen LogP contribution in [0, 0.1) is 0 Å². The van der Waals surface area contributed by atoms with Crippen LogP contribution in [0.2, 0.25) is 0 Å². The van der Waals surface area contributed by atoms with Gasteiger partial charge in [-0.2, -0.15) is 0 Å². The molecule has 0 saturated carbocycles. The van der Waals surface area contributed by atoms with Gasteiger partial charge in [-0.25, -0.2) is 9.59 Å². The molecule has 6 heteroatoms. The number of carbonyl (C=O) groups is 2. The molecule has 1 aliphatic carbocycles. The molecule has 4 aromatic rings. The topological polar surface area (TPSA) is 88.5 Å². The van der Waals surface area contributed by atoms with Crippen LogP contribution in [-0.2, 0) is 16.0 Å². The van der Waals surface area contributed by atoms with Crippen LogP contribution in [0.25, 0.3) is 22.3 Å². The molecule has 1 amide bonds. The second-order valence-electron chi connectivity index (χ2n) is 8.47. The summed E-state index contributed by atoms with van der Waals surface area (Å²) in [5.74, 6) is -1.24. The summed E-state index contributed by atoms with van der Waals surface area (Å²) in [6.07, 6.45) is 0.992. The van der Waals surface area contributed by atoms with E-state index in [0.717, 1.165) is 33.4 Å². The molecule has 0 radical (unpaired) electrons. The van der Waals surface area contributed by atoms with Gasteiger partial charge in [-0.05, 0) is 33.9 Å². The van der Waals surface area contributed by atoms with Crippen LogP contribution in [0.3, 0.4) is 0 Å². The van der Waals surface area contributed by atoms with Crippen LogP contribution in [0.5, 0.6) is 0 Å². The number of rotatable bonds is 7. The first-order chi connectivity index (χ1) is 17.1. The second kappa shape index (κ2) is 9.81. The molecule has 0 saturated heterocycles. The Bertz CT molecular complexity index is 1310. The van der Waals surface area contributed by atoms with Crippen molar-refractivity contribution in [2.45, 2.75) is 18.4 Å². The molecule has 0 aliphatic heterocycles. The maximum atomic E-state index is 12.6. The fourth-order valence-electron chi connectivity index (χ4n) is 4.54. The van der Waals surface area contributed by atoms with Crippen LogP contribution in [-0.4, -0.2) is 34.8 Å². The van der Waals surface area contributed by atoms with E-state index >= 15 is 0 Å². The molecule has 3 aromatic carbocycles. The monoisotopic (exact) mass is 464 g/mol. The molecule has 2 N–H and O–H groups in total. The summed E-state index contributed by atoms with van der Waals surface area (Å²) in [5, 5.41) is 12.1. The van der Waals surface area contributed by atoms with Crippen molar-refractivity contribution >= 4 is 12.1 Å². The third-order valence-electron chi connectivity index (χ3n) is 6.28. The number of benzene rings is 3. The number of carboxylic acid groups (broad SMARTS) is 1. The van der Waals surface area contributed by atoms with Crippen LogP contribution in [0.4, 0.5) is 4.79 Å². The molecule has 1 heterocycles. The quantitative estimate of drug-likeness (QED) is 0.388. The van der Waals surface area contributed by atoms with Gasteiger partial charge in [0.2, 0.25) is 0 Å². The van der Waals surface area contributed by atoms with Crippen molar-refractivity contribution in [3.8, 4) is 22.3 Å². The first-order valence-electron chi connectivity index (χ1n) is 11.4. The van der Waals surface area contributed by atoms with E-state index in [2.05, 4.69) is 22.4 Å². The van der Waals surface area contributed by atoms with E-state index in [9.17, 15) is 14.7 Å². The molecule has 35 heavy (non-hydrogen) atoms. The number of hydrogen-bond donors (Lipinski definition) is 2. The highest BCUT2D eigenvalue weighted by Crippen LogP contribution is 2.44. The Morgan fingerprint density at radius 3 is 2.06 bits per heavy atom. The lowest BCUT2D eigenvalue weighted by molar-refractivity contribution is -0.139. The second-order valence-corrected chi connectivity index (χ2v) is 8.47. The Balaban J connectivity index is 1.23. The average Bonchev–Trinajstić information content (AvgIpc) is 3.21. The minimum absolute atomic E-state index is 0.0502. The Kier molecular flexibility index (Phi) is 6.26. The number of aromatic nitrogens is 1. The zero-order chi connectivity index (χ0) is 24.2. The van der Waals surface area contributed by atoms with Gasteiger partial charge >= 0.3 is 12.1 Å². The maximum absolute atomic E-state index is 12.6. The van der Waals surface area contributed by atoms with Crippen LogP contribution in [0.1, 0.15) is 22.7 Å². The fraction of sp³-hybridized carbons (Fsp3) is 0.138. The standard InChI is InChI=1S/C29H24N2O4/c32-28(33)27(16-21-15-14-20(17-30-21)19-8-2-1-3-9-19)31-29(34)35-18-26-24-12-6-4-10-22(24)23-11-5-7-13-25(23)26/h1-15,17,26-27H,16,18H2,(H,31,34)(H,32,33)/t27-/m0/s1. The first kappa shape index (κ1) is 22.3. The number of alkyl carbamates (subject to hydrolysis) is 1. The van der Waals surface area contributed by atoms with Crippen molar-refractivity contribution in [2.75, 3.05) is 6.61 Å². The summed E-state index contributed by atoms with van der Waals surface area (Å²) in [6.45, 7) is 0.121. The highest BCUT2D eigenvalue weighted by atomic mass is 16.5. The number of nitrogens with one attached hydrogen (secondary N) is 1. The van der Waals surface area contributed by atoms with Gasteiger partial charge in [-0.1, -0.05) is 84.9 Å². The van der Waals surface area contributed by atoms with Crippen molar-refractivity contribution in [3.63, 3.8) is 0 Å². The fourth-order valence-corrected chi connectivity index (χ4v) is 4.54. The summed E-state index contributed by atoms with van der Waals surface area (Å²) in [7, 11) is 0. The van der Waals surface area contributed by atoms with E-state index in [1.165, 1.54) is 0 Å². The number of carboxylic acids is 1. The Labute approximate surface area is 203 Å². The lowest BCUT2D eigenvalue weighted by Crippen LogP contribution is -2.43. The van der Waals surface area contributed by atoms with E-state index < -0.39 is 18.1 Å². The molecule has 1 aromatic heterocycles. The van der Waals surface area contributed by atoms with Gasteiger partial charge in [0.1, 0.15) is 12.6 Å². The minimum Gasteiger partial charge on any atom is -0.480 e. The van der Waals surface area contributed by atoms with Crippen molar-refractivity contribution < 1.29 is 19.4 Å². The summed E-state index contributed by atoms with van der Waals surface area (Å²) in [5.41, 5.74) is 6.98. The maximum Gasteiger partial charge on any atom is 0.407 e. The molecular weight excluding hydrogens is 440 g/mol. The minimum atomic E-state index is -1.15. The number of hydrogen-bond acceptors (Lipinski definition) is 4. The molecule has 6 nitrogen and oxygen atoms in total. The predicted octanol–water partition coefficient (Wildman–Crippen LogP) is 5.28. The van der Waals surface area contributed by atoms with Gasteiger partial charge in [-0.3, -0.25) is 4.98 Å². The summed E-state index contributed by atoms with van der Waals surface area (Å²) in [4.78, 5) is 28.8. The number of pyridine rings is 1. The largest absolute Gasteiger partial charge is 0.480 e. The van der Waals surface area contributed by atoms with Gasteiger partial charge in [0.15, 0.2) is 0 Å². The zero-order valence-corrected chi connectivity index (χ0v) is 18.9. The van der Waals surface area contributed by atoms with E-state index in [1.54, 1.807) is 12.3 Å². The highest BCUT2D eigenvalue weighted by Gasteiger charge is 2.29. The number of carbonyl (C=O) groups excluding carboxylic acids is 1. The molecule has 1 atom stereocenters. The molecule has 1 aliphatic rings. The van der Waals surface area contributed by atoms with Crippen LogP contribution >= 0.6 is 0 Å². The van der Waals surface area contributed by atoms with Gasteiger partial charge < -0.3 is 15.2 Å². The lowest BCUT2D eigenvalue weighted by Gasteiger charge is -2.17. The SMILES string of the molecule is O=C(N[C@@H](Cc1ccc(-c2ccccc2)cn1)C(=O)O)OCC1c2ccccc2-c2ccccc21. The molecule has 0 spiro atoms. The molecular formula is C29H24N2O4. The van der Waals surface area contributed by atoms with E-state index in [-0.39, 0.29) is 18.9 Å². The first-order valence-corrected chi connectivity index (χ1v) is 11.4. The molecule has 174 valence electrons. The van der Waals surface area contributed by atoms with Crippen molar-refractivity contribution in [3.05, 3.63) is 114 Å². The summed E-state index contributed by atoms with van der Waals surface area (Å²) in [6, 6.07) is 28.4.